The molecule has 0 radical (unpaired) electrons. The minimum Gasteiger partial charge on any atom is -0.493 e. The van der Waals surface area contributed by atoms with E-state index in [-0.39, 0.29) is 18.0 Å². The molecule has 2 aliphatic rings. The number of para-hydroxylation sites is 2. The summed E-state index contributed by atoms with van der Waals surface area (Å²) in [4.78, 5) is 20.7. The number of ether oxygens (including phenoxy) is 1. The summed E-state index contributed by atoms with van der Waals surface area (Å²) in [5.74, 6) is 1.98. The molecule has 3 N–H and O–H groups in total. The predicted molar refractivity (Wildman–Crippen MR) is 107 cm³/mol. The number of imidazole rings is 1. The van der Waals surface area contributed by atoms with Crippen molar-refractivity contribution >= 4 is 16.9 Å². The number of aromatic amines is 1. The molecular formula is C22H24N4O2. The van der Waals surface area contributed by atoms with Crippen molar-refractivity contribution in [2.45, 2.75) is 37.8 Å². The Labute approximate surface area is 163 Å². The Morgan fingerprint density at radius 3 is 3.11 bits per heavy atom. The highest BCUT2D eigenvalue weighted by Crippen LogP contribution is 2.26. The number of benzene rings is 2. The highest BCUT2D eigenvalue weighted by atomic mass is 16.5. The molecule has 0 bridgehead atoms. The van der Waals surface area contributed by atoms with Crippen LogP contribution in [0.15, 0.2) is 42.5 Å². The van der Waals surface area contributed by atoms with Gasteiger partial charge in [-0.25, -0.2) is 4.98 Å². The molecule has 6 heteroatoms. The molecule has 3 aromatic rings. The van der Waals surface area contributed by atoms with E-state index >= 15 is 0 Å². The number of carbonyl (C=O) groups is 1. The molecule has 144 valence electrons. The fourth-order valence-corrected chi connectivity index (χ4v) is 4.21. The average Bonchev–Trinajstić information content (AvgIpc) is 3.34. The number of amides is 1. The van der Waals surface area contributed by atoms with Gasteiger partial charge in [0.1, 0.15) is 11.6 Å². The molecule has 1 fully saturated rings. The van der Waals surface area contributed by atoms with Crippen molar-refractivity contribution < 1.29 is 9.53 Å². The molecular weight excluding hydrogens is 352 g/mol. The minimum atomic E-state index is 0.0779. The minimum absolute atomic E-state index is 0.0779. The highest BCUT2D eigenvalue weighted by Gasteiger charge is 2.26. The number of H-pyrrole nitrogens is 1. The van der Waals surface area contributed by atoms with Gasteiger partial charge < -0.3 is 20.4 Å². The second-order valence-electron chi connectivity index (χ2n) is 7.65. The zero-order valence-electron chi connectivity index (χ0n) is 15.7. The second kappa shape index (κ2) is 7.28. The van der Waals surface area contributed by atoms with Gasteiger partial charge >= 0.3 is 0 Å². The van der Waals surface area contributed by atoms with Crippen molar-refractivity contribution in [2.75, 3.05) is 13.2 Å². The Bertz CT molecular complexity index is 980. The number of hydrogen-bond donors (Lipinski definition) is 3. The van der Waals surface area contributed by atoms with E-state index in [1.54, 1.807) is 0 Å². The Kier molecular flexibility index (Phi) is 4.49. The lowest BCUT2D eigenvalue weighted by Crippen LogP contribution is -2.44. The maximum absolute atomic E-state index is 12.6. The second-order valence-corrected chi connectivity index (χ2v) is 7.65. The van der Waals surface area contributed by atoms with Crippen LogP contribution in [0.25, 0.3) is 11.0 Å². The van der Waals surface area contributed by atoms with Crippen molar-refractivity contribution in [3.05, 3.63) is 59.4 Å². The number of fused-ring (bicyclic) bond motifs is 2. The summed E-state index contributed by atoms with van der Waals surface area (Å²) in [6, 6.07) is 14.4. The third kappa shape index (κ3) is 3.47. The van der Waals surface area contributed by atoms with Crippen LogP contribution in [0.2, 0.25) is 0 Å². The van der Waals surface area contributed by atoms with Gasteiger partial charge in [-0.15, -0.1) is 0 Å². The highest BCUT2D eigenvalue weighted by molar-refractivity contribution is 5.79. The quantitative estimate of drug-likeness (QED) is 0.654. The molecule has 1 saturated heterocycles. The van der Waals surface area contributed by atoms with Crippen molar-refractivity contribution in [3.63, 3.8) is 0 Å². The van der Waals surface area contributed by atoms with Crippen LogP contribution in [0.5, 0.6) is 5.75 Å². The summed E-state index contributed by atoms with van der Waals surface area (Å²) in [6.07, 6.45) is 3.11. The predicted octanol–water partition coefficient (Wildman–Crippen LogP) is 2.65. The number of nitrogens with one attached hydrogen (secondary N) is 3. The van der Waals surface area contributed by atoms with E-state index in [0.29, 0.717) is 6.42 Å². The third-order valence-corrected chi connectivity index (χ3v) is 5.63. The van der Waals surface area contributed by atoms with Gasteiger partial charge in [0.25, 0.3) is 0 Å². The van der Waals surface area contributed by atoms with Crippen LogP contribution in [0.3, 0.4) is 0 Å². The maximum Gasteiger partial charge on any atom is 0.224 e. The van der Waals surface area contributed by atoms with E-state index < -0.39 is 0 Å². The van der Waals surface area contributed by atoms with Gasteiger partial charge in [-0.2, -0.15) is 0 Å². The molecule has 2 aliphatic heterocycles. The Balaban J connectivity index is 1.22. The fraction of sp³-hybridized carbons (Fsp3) is 0.364. The molecule has 3 heterocycles. The molecule has 5 rings (SSSR count). The van der Waals surface area contributed by atoms with Crippen LogP contribution in [0.1, 0.15) is 35.8 Å². The number of rotatable bonds is 4. The van der Waals surface area contributed by atoms with Crippen LogP contribution in [-0.4, -0.2) is 35.1 Å². The number of aromatic nitrogens is 2. The van der Waals surface area contributed by atoms with E-state index in [4.69, 9.17) is 9.72 Å². The monoisotopic (exact) mass is 376 g/mol. The van der Waals surface area contributed by atoms with E-state index in [1.807, 2.05) is 36.4 Å². The smallest absolute Gasteiger partial charge is 0.224 e. The molecule has 1 aromatic heterocycles. The van der Waals surface area contributed by atoms with Gasteiger partial charge in [0.05, 0.1) is 30.1 Å². The maximum atomic E-state index is 12.6. The molecule has 0 spiro atoms. The molecule has 1 unspecified atom stereocenters. The summed E-state index contributed by atoms with van der Waals surface area (Å²) < 4.78 is 5.54. The Hall–Kier alpha value is -2.86. The van der Waals surface area contributed by atoms with E-state index in [0.717, 1.165) is 60.6 Å². The van der Waals surface area contributed by atoms with Crippen molar-refractivity contribution in [2.24, 2.45) is 0 Å². The first-order chi connectivity index (χ1) is 13.7. The van der Waals surface area contributed by atoms with Crippen LogP contribution in [-0.2, 0) is 17.6 Å². The first-order valence-electron chi connectivity index (χ1n) is 9.96. The van der Waals surface area contributed by atoms with Crippen LogP contribution in [0, 0.1) is 0 Å². The van der Waals surface area contributed by atoms with Crippen LogP contribution < -0.4 is 15.4 Å². The first-order valence-corrected chi connectivity index (χ1v) is 9.96. The fourth-order valence-electron chi connectivity index (χ4n) is 4.21. The van der Waals surface area contributed by atoms with Crippen LogP contribution >= 0.6 is 0 Å². The van der Waals surface area contributed by atoms with Crippen molar-refractivity contribution in [1.29, 1.82) is 0 Å². The molecule has 2 atom stereocenters. The topological polar surface area (TPSA) is 79.0 Å². The van der Waals surface area contributed by atoms with E-state index in [9.17, 15) is 4.79 Å². The normalized spacial score (nSPS) is 21.3. The lowest BCUT2D eigenvalue weighted by Gasteiger charge is -2.29. The van der Waals surface area contributed by atoms with Gasteiger partial charge in [0.2, 0.25) is 5.91 Å². The zero-order chi connectivity index (χ0) is 18.9. The summed E-state index contributed by atoms with van der Waals surface area (Å²) in [5, 5.41) is 6.74. The largest absolute Gasteiger partial charge is 0.493 e. The van der Waals surface area contributed by atoms with E-state index in [2.05, 4.69) is 21.7 Å². The summed E-state index contributed by atoms with van der Waals surface area (Å²) >= 11 is 0. The lowest BCUT2D eigenvalue weighted by molar-refractivity contribution is -0.121. The summed E-state index contributed by atoms with van der Waals surface area (Å²) in [5.41, 5.74) is 4.28. The molecule has 0 aliphatic carbocycles. The van der Waals surface area contributed by atoms with Crippen molar-refractivity contribution in [3.8, 4) is 5.75 Å². The van der Waals surface area contributed by atoms with Crippen molar-refractivity contribution in [1.82, 2.24) is 20.6 Å². The number of piperidine rings is 1. The standard InChI is InChI=1S/C22H24N4O2/c27-21(12-14-5-6-20-15(11-14)8-10-28-20)24-16-7-9-23-19(13-16)22-25-17-3-1-2-4-18(17)26-22/h1-6,11,16,19,23H,7-10,12-13H2,(H,24,27)(H,25,26)/t16-,19?/m1/s1. The molecule has 0 saturated carbocycles. The van der Waals surface area contributed by atoms with Gasteiger partial charge in [-0.3, -0.25) is 4.79 Å². The molecule has 6 nitrogen and oxygen atoms in total. The summed E-state index contributed by atoms with van der Waals surface area (Å²) in [6.45, 7) is 1.60. The third-order valence-electron chi connectivity index (χ3n) is 5.63. The lowest BCUT2D eigenvalue weighted by atomic mass is 9.98. The molecule has 2 aromatic carbocycles. The zero-order valence-corrected chi connectivity index (χ0v) is 15.7. The molecule has 28 heavy (non-hydrogen) atoms. The SMILES string of the molecule is O=C(Cc1ccc2c(c1)CCO2)N[C@@H]1CCNC(c2nc3ccccc3[nH]2)C1. The summed E-state index contributed by atoms with van der Waals surface area (Å²) in [7, 11) is 0. The van der Waals surface area contributed by atoms with Gasteiger partial charge in [-0.05, 0) is 48.7 Å². The number of carbonyl (C=O) groups excluding carboxylic acids is 1. The van der Waals surface area contributed by atoms with Gasteiger partial charge in [0.15, 0.2) is 0 Å². The Morgan fingerprint density at radius 1 is 1.25 bits per heavy atom. The van der Waals surface area contributed by atoms with Crippen LogP contribution in [0.4, 0.5) is 0 Å². The number of hydrogen-bond acceptors (Lipinski definition) is 4. The molecule has 1 amide bonds. The van der Waals surface area contributed by atoms with Gasteiger partial charge in [-0.1, -0.05) is 24.3 Å². The number of nitrogens with zero attached hydrogens (tertiary/aromatic N) is 1. The van der Waals surface area contributed by atoms with E-state index in [1.165, 1.54) is 5.56 Å². The Morgan fingerprint density at radius 2 is 2.18 bits per heavy atom. The first kappa shape index (κ1) is 17.3. The van der Waals surface area contributed by atoms with Gasteiger partial charge in [0, 0.05) is 12.5 Å². The average molecular weight is 376 g/mol.